The summed E-state index contributed by atoms with van der Waals surface area (Å²) in [7, 11) is 1.51. The lowest BCUT2D eigenvalue weighted by Gasteiger charge is -2.44. The van der Waals surface area contributed by atoms with Crippen LogP contribution in [0.25, 0.3) is 17.2 Å². The van der Waals surface area contributed by atoms with Crippen molar-refractivity contribution in [3.05, 3.63) is 65.8 Å². The number of benzene rings is 1. The van der Waals surface area contributed by atoms with E-state index < -0.39 is 28.7 Å². The van der Waals surface area contributed by atoms with Crippen LogP contribution < -0.4 is 9.47 Å². The van der Waals surface area contributed by atoms with Crippen molar-refractivity contribution in [3.8, 4) is 28.8 Å². The van der Waals surface area contributed by atoms with E-state index in [9.17, 15) is 18.3 Å². The average Bonchev–Trinajstić information content (AvgIpc) is 3.48. The van der Waals surface area contributed by atoms with Gasteiger partial charge in [-0.15, -0.1) is 10.2 Å². The number of ether oxygens (including phenoxy) is 2. The number of pyridine rings is 1. The molecule has 4 aromatic rings. The van der Waals surface area contributed by atoms with E-state index in [0.717, 1.165) is 17.8 Å². The molecule has 9 nitrogen and oxygen atoms in total. The third kappa shape index (κ3) is 4.10. The largest absolute Gasteiger partial charge is 0.479 e. The Hall–Kier alpha value is -3.93. The molecule has 4 heterocycles. The molecule has 0 radical (unpaired) electrons. The predicted octanol–water partition coefficient (Wildman–Crippen LogP) is 4.10. The third-order valence-corrected chi connectivity index (χ3v) is 6.51. The number of rotatable bonds is 6. The molecule has 1 aliphatic rings. The molecule has 0 spiro atoms. The molecule has 12 heteroatoms. The Morgan fingerprint density at radius 2 is 1.84 bits per heavy atom. The first-order chi connectivity index (χ1) is 17.5. The number of aliphatic hydroxyl groups is 1. The van der Waals surface area contributed by atoms with E-state index in [2.05, 4.69) is 20.2 Å². The fourth-order valence-corrected chi connectivity index (χ4v) is 4.65. The number of aromatic nitrogens is 6. The van der Waals surface area contributed by atoms with Gasteiger partial charge in [0.2, 0.25) is 5.88 Å². The summed E-state index contributed by atoms with van der Waals surface area (Å²) in [6.45, 7) is 5.38. The maximum atomic E-state index is 13.9. The number of fused-ring (bicyclic) bond motifs is 1. The van der Waals surface area contributed by atoms with E-state index in [0.29, 0.717) is 36.1 Å². The SMILES string of the molecule is COc1nc(-c2nnc3n2CCC[C@@]3(Oc2cc(F)c(F)c(F)c2)C(C)(C)O)ccc1-n1cnc(C)c1. The monoisotopic (exact) mass is 514 g/mol. The average molecular weight is 515 g/mol. The van der Waals surface area contributed by atoms with Crippen LogP contribution in [0.4, 0.5) is 13.2 Å². The Kier molecular flexibility index (Phi) is 5.94. The van der Waals surface area contributed by atoms with Gasteiger partial charge in [0.15, 0.2) is 34.7 Å². The molecular weight excluding hydrogens is 489 g/mol. The molecule has 0 saturated carbocycles. The quantitative estimate of drug-likeness (QED) is 0.387. The van der Waals surface area contributed by atoms with Crippen molar-refractivity contribution in [2.24, 2.45) is 0 Å². The van der Waals surface area contributed by atoms with Crippen LogP contribution in [-0.4, -0.2) is 47.1 Å². The van der Waals surface area contributed by atoms with Crippen molar-refractivity contribution in [2.75, 3.05) is 7.11 Å². The smallest absolute Gasteiger partial charge is 0.238 e. The molecule has 0 fully saturated rings. The van der Waals surface area contributed by atoms with Crippen LogP contribution in [0.15, 0.2) is 36.8 Å². The summed E-state index contributed by atoms with van der Waals surface area (Å²) in [5.74, 6) is -3.70. The highest BCUT2D eigenvalue weighted by molar-refractivity contribution is 5.56. The number of halogens is 3. The molecule has 0 saturated heterocycles. The van der Waals surface area contributed by atoms with Gasteiger partial charge in [-0.3, -0.25) is 0 Å². The van der Waals surface area contributed by atoms with Gasteiger partial charge in [0, 0.05) is 24.9 Å². The van der Waals surface area contributed by atoms with E-state index in [-0.39, 0.29) is 18.0 Å². The van der Waals surface area contributed by atoms with Gasteiger partial charge >= 0.3 is 0 Å². The molecule has 3 aromatic heterocycles. The lowest BCUT2D eigenvalue weighted by molar-refractivity contribution is -0.137. The van der Waals surface area contributed by atoms with E-state index in [1.807, 2.05) is 19.2 Å². The van der Waals surface area contributed by atoms with Crippen LogP contribution in [0.1, 0.15) is 38.2 Å². The summed E-state index contributed by atoms with van der Waals surface area (Å²) in [4.78, 5) is 8.85. The Labute approximate surface area is 210 Å². The first-order valence-corrected chi connectivity index (χ1v) is 11.6. The second-order valence-corrected chi connectivity index (χ2v) is 9.44. The zero-order chi connectivity index (χ0) is 26.5. The summed E-state index contributed by atoms with van der Waals surface area (Å²) in [5.41, 5.74) is -1.13. The molecule has 0 amide bonds. The Morgan fingerprint density at radius 1 is 1.11 bits per heavy atom. The highest BCUT2D eigenvalue weighted by Gasteiger charge is 2.53. The molecule has 0 aliphatic carbocycles. The molecule has 0 bridgehead atoms. The predicted molar refractivity (Wildman–Crippen MR) is 126 cm³/mol. The zero-order valence-corrected chi connectivity index (χ0v) is 20.7. The number of hydrogen-bond acceptors (Lipinski definition) is 7. The Morgan fingerprint density at radius 3 is 2.46 bits per heavy atom. The maximum Gasteiger partial charge on any atom is 0.238 e. The molecule has 194 valence electrons. The number of imidazole rings is 1. The molecular formula is C25H25F3N6O3. The van der Waals surface area contributed by atoms with Crippen molar-refractivity contribution in [1.82, 2.24) is 29.3 Å². The van der Waals surface area contributed by atoms with E-state index in [4.69, 9.17) is 9.47 Å². The van der Waals surface area contributed by atoms with Gasteiger partial charge in [-0.2, -0.15) is 0 Å². The van der Waals surface area contributed by atoms with E-state index in [1.54, 1.807) is 21.5 Å². The molecule has 5 rings (SSSR count). The van der Waals surface area contributed by atoms with Gasteiger partial charge in [0.1, 0.15) is 22.7 Å². The first kappa shape index (κ1) is 24.8. The zero-order valence-electron chi connectivity index (χ0n) is 20.7. The second kappa shape index (κ2) is 8.87. The van der Waals surface area contributed by atoms with E-state index >= 15 is 0 Å². The van der Waals surface area contributed by atoms with Gasteiger partial charge in [-0.1, -0.05) is 0 Å². The van der Waals surface area contributed by atoms with Crippen LogP contribution in [0.5, 0.6) is 11.6 Å². The summed E-state index contributed by atoms with van der Waals surface area (Å²) in [5, 5.41) is 19.9. The van der Waals surface area contributed by atoms with Crippen LogP contribution in [0.2, 0.25) is 0 Å². The fraction of sp³-hybridized carbons (Fsp3) is 0.360. The van der Waals surface area contributed by atoms with Gasteiger partial charge in [0.05, 0.1) is 19.1 Å². The summed E-state index contributed by atoms with van der Waals surface area (Å²) < 4.78 is 56.5. The Balaban J connectivity index is 1.60. The van der Waals surface area contributed by atoms with Crippen molar-refractivity contribution in [1.29, 1.82) is 0 Å². The highest BCUT2D eigenvalue weighted by Crippen LogP contribution is 2.45. The van der Waals surface area contributed by atoms with Gasteiger partial charge in [-0.25, -0.2) is 23.1 Å². The minimum absolute atomic E-state index is 0.251. The molecule has 0 unspecified atom stereocenters. The maximum absolute atomic E-state index is 13.9. The fourth-order valence-electron chi connectivity index (χ4n) is 4.65. The number of nitrogens with zero attached hydrogens (tertiary/aromatic N) is 6. The minimum atomic E-state index is -1.60. The van der Waals surface area contributed by atoms with E-state index in [1.165, 1.54) is 21.0 Å². The van der Waals surface area contributed by atoms with Crippen LogP contribution in [0.3, 0.4) is 0 Å². The highest BCUT2D eigenvalue weighted by atomic mass is 19.2. The van der Waals surface area contributed by atoms with Gasteiger partial charge in [0.25, 0.3) is 0 Å². The molecule has 37 heavy (non-hydrogen) atoms. The van der Waals surface area contributed by atoms with Crippen molar-refractivity contribution < 1.29 is 27.8 Å². The molecule has 1 aliphatic heterocycles. The lowest BCUT2D eigenvalue weighted by Crippen LogP contribution is -2.55. The van der Waals surface area contributed by atoms with Crippen LogP contribution >= 0.6 is 0 Å². The third-order valence-electron chi connectivity index (χ3n) is 6.51. The first-order valence-electron chi connectivity index (χ1n) is 11.6. The summed E-state index contributed by atoms with van der Waals surface area (Å²) in [6.07, 6.45) is 4.29. The minimum Gasteiger partial charge on any atom is -0.479 e. The second-order valence-electron chi connectivity index (χ2n) is 9.44. The van der Waals surface area contributed by atoms with Crippen molar-refractivity contribution in [2.45, 2.75) is 51.4 Å². The van der Waals surface area contributed by atoms with Gasteiger partial charge < -0.3 is 23.7 Å². The standard InChI is InChI=1S/C25H25F3N6O3/c1-14-12-33(13-29-14)19-7-6-18(30-22(19)36-4)21-31-32-23-25(24(2,3)35,8-5-9-34(21)23)37-15-10-16(26)20(28)17(27)11-15/h6-7,10-13,35H,5,8-9H2,1-4H3/t25-/m0/s1. The normalized spacial score (nSPS) is 17.5. The molecule has 1 atom stereocenters. The summed E-state index contributed by atoms with van der Waals surface area (Å²) >= 11 is 0. The van der Waals surface area contributed by atoms with Crippen LogP contribution in [0, 0.1) is 24.4 Å². The topological polar surface area (TPSA) is 100 Å². The summed E-state index contributed by atoms with van der Waals surface area (Å²) in [6, 6.07) is 5.06. The molecule has 1 aromatic carbocycles. The molecule has 1 N–H and O–H groups in total. The number of methoxy groups -OCH3 is 1. The van der Waals surface area contributed by atoms with Gasteiger partial charge in [-0.05, 0) is 45.7 Å². The van der Waals surface area contributed by atoms with Crippen LogP contribution in [-0.2, 0) is 12.1 Å². The Bertz CT molecular complexity index is 1460. The number of aryl methyl sites for hydroxylation is 1. The lowest BCUT2D eigenvalue weighted by atomic mass is 9.79. The van der Waals surface area contributed by atoms with Crippen molar-refractivity contribution >= 4 is 0 Å². The number of hydrogen-bond donors (Lipinski definition) is 1. The van der Waals surface area contributed by atoms with Crippen molar-refractivity contribution in [3.63, 3.8) is 0 Å².